The van der Waals surface area contributed by atoms with Crippen LogP contribution in [0.5, 0.6) is 0 Å². The number of carboxylic acid groups (broad SMARTS) is 1. The summed E-state index contributed by atoms with van der Waals surface area (Å²) in [6.45, 7) is 2.51. The SMILES string of the molecule is C[C@H](NC(=O)c1cc(-c2ccccc2)cc2nnn(Cc3ccc4ccccc4c3)c12)C1CCC(C(=O)O)CC1. The summed E-state index contributed by atoms with van der Waals surface area (Å²) in [5.74, 6) is -0.926. The van der Waals surface area contributed by atoms with E-state index in [2.05, 4.69) is 46.0 Å². The standard InChI is InChI=1S/C33H32N4O3/c1-21(23-13-15-26(16-14-23)33(39)40)34-32(38)29-18-28(24-7-3-2-4-8-24)19-30-31(29)37(36-35-30)20-22-11-12-25-9-5-6-10-27(25)17-22/h2-12,17-19,21,23,26H,13-16,20H2,1H3,(H,34,38)(H,39,40)/t21-,23?,26?/m0/s1. The summed E-state index contributed by atoms with van der Waals surface area (Å²) in [7, 11) is 0. The van der Waals surface area contributed by atoms with Crippen LogP contribution >= 0.6 is 0 Å². The van der Waals surface area contributed by atoms with Crippen LogP contribution in [0.4, 0.5) is 0 Å². The predicted molar refractivity (Wildman–Crippen MR) is 156 cm³/mol. The Kier molecular flexibility index (Phi) is 7.03. The fourth-order valence-corrected chi connectivity index (χ4v) is 5.97. The zero-order chi connectivity index (χ0) is 27.6. The number of aliphatic carboxylic acids is 1. The first-order valence-electron chi connectivity index (χ1n) is 13.9. The normalized spacial score (nSPS) is 18.0. The summed E-state index contributed by atoms with van der Waals surface area (Å²) in [4.78, 5) is 25.3. The lowest BCUT2D eigenvalue weighted by molar-refractivity contribution is -0.143. The van der Waals surface area contributed by atoms with E-state index < -0.39 is 5.97 Å². The smallest absolute Gasteiger partial charge is 0.306 e. The zero-order valence-electron chi connectivity index (χ0n) is 22.5. The van der Waals surface area contributed by atoms with Gasteiger partial charge in [0, 0.05) is 6.04 Å². The van der Waals surface area contributed by atoms with E-state index in [0.29, 0.717) is 36.0 Å². The van der Waals surface area contributed by atoms with Gasteiger partial charge < -0.3 is 10.4 Å². The van der Waals surface area contributed by atoms with Gasteiger partial charge in [-0.05, 0) is 84.2 Å². The van der Waals surface area contributed by atoms with Crippen molar-refractivity contribution in [1.29, 1.82) is 0 Å². The number of rotatable bonds is 7. The Labute approximate surface area is 232 Å². The van der Waals surface area contributed by atoms with Crippen molar-refractivity contribution in [2.45, 2.75) is 45.2 Å². The number of fused-ring (bicyclic) bond motifs is 2. The van der Waals surface area contributed by atoms with Gasteiger partial charge in [0.1, 0.15) is 11.0 Å². The first-order chi connectivity index (χ1) is 19.5. The molecule has 40 heavy (non-hydrogen) atoms. The highest BCUT2D eigenvalue weighted by atomic mass is 16.4. The molecule has 2 N–H and O–H groups in total. The number of carboxylic acids is 1. The molecule has 0 unspecified atom stereocenters. The van der Waals surface area contributed by atoms with Crippen molar-refractivity contribution < 1.29 is 14.7 Å². The van der Waals surface area contributed by atoms with E-state index in [9.17, 15) is 14.7 Å². The Morgan fingerprint density at radius 3 is 2.38 bits per heavy atom. The number of benzene rings is 4. The van der Waals surface area contributed by atoms with E-state index in [1.54, 1.807) is 0 Å². The fraction of sp³-hybridized carbons (Fsp3) is 0.273. The van der Waals surface area contributed by atoms with Crippen LogP contribution in [0.2, 0.25) is 0 Å². The Morgan fingerprint density at radius 1 is 0.900 bits per heavy atom. The fourth-order valence-electron chi connectivity index (χ4n) is 5.97. The van der Waals surface area contributed by atoms with Gasteiger partial charge in [0.2, 0.25) is 0 Å². The van der Waals surface area contributed by atoms with Crippen LogP contribution in [0, 0.1) is 11.8 Å². The molecule has 0 bridgehead atoms. The molecule has 1 aromatic heterocycles. The lowest BCUT2D eigenvalue weighted by Crippen LogP contribution is -2.40. The third-order valence-corrected chi connectivity index (χ3v) is 8.29. The molecule has 202 valence electrons. The predicted octanol–water partition coefficient (Wildman–Crippen LogP) is 6.31. The Hall–Kier alpha value is -4.52. The van der Waals surface area contributed by atoms with Crippen molar-refractivity contribution in [3.05, 3.63) is 96.1 Å². The molecular weight excluding hydrogens is 500 g/mol. The van der Waals surface area contributed by atoms with E-state index in [1.165, 1.54) is 5.39 Å². The molecule has 0 saturated heterocycles. The number of carbonyl (C=O) groups is 2. The van der Waals surface area contributed by atoms with Gasteiger partial charge in [-0.3, -0.25) is 9.59 Å². The quantitative estimate of drug-likeness (QED) is 0.256. The first kappa shape index (κ1) is 25.7. The minimum Gasteiger partial charge on any atom is -0.481 e. The second-order valence-corrected chi connectivity index (χ2v) is 10.9. The van der Waals surface area contributed by atoms with E-state index in [0.717, 1.165) is 34.9 Å². The van der Waals surface area contributed by atoms with Crippen molar-refractivity contribution in [3.63, 3.8) is 0 Å². The molecule has 1 heterocycles. The molecule has 1 amide bonds. The van der Waals surface area contributed by atoms with Gasteiger partial charge in [0.25, 0.3) is 5.91 Å². The van der Waals surface area contributed by atoms with E-state index in [4.69, 9.17) is 0 Å². The van der Waals surface area contributed by atoms with Gasteiger partial charge in [0.15, 0.2) is 0 Å². The maximum absolute atomic E-state index is 13.9. The minimum absolute atomic E-state index is 0.0810. The van der Waals surface area contributed by atoms with E-state index >= 15 is 0 Å². The van der Waals surface area contributed by atoms with Crippen LogP contribution in [0.25, 0.3) is 32.9 Å². The second-order valence-electron chi connectivity index (χ2n) is 10.9. The molecule has 1 aliphatic carbocycles. The minimum atomic E-state index is -0.720. The number of aromatic nitrogens is 3. The van der Waals surface area contributed by atoms with Gasteiger partial charge >= 0.3 is 5.97 Å². The maximum Gasteiger partial charge on any atom is 0.306 e. The summed E-state index contributed by atoms with van der Waals surface area (Å²) in [6.07, 6.45) is 2.88. The summed E-state index contributed by atoms with van der Waals surface area (Å²) in [5, 5.41) is 23.9. The molecule has 7 nitrogen and oxygen atoms in total. The monoisotopic (exact) mass is 532 g/mol. The number of hydrogen-bond acceptors (Lipinski definition) is 4. The van der Waals surface area contributed by atoms with Crippen LogP contribution in [-0.4, -0.2) is 38.0 Å². The van der Waals surface area contributed by atoms with Crippen LogP contribution in [0.15, 0.2) is 84.9 Å². The summed E-state index contributed by atoms with van der Waals surface area (Å²) < 4.78 is 1.81. The molecule has 1 atom stereocenters. The highest BCUT2D eigenvalue weighted by Gasteiger charge is 2.30. The number of amides is 1. The molecule has 5 aromatic rings. The molecule has 4 aromatic carbocycles. The van der Waals surface area contributed by atoms with E-state index in [-0.39, 0.29) is 23.8 Å². The van der Waals surface area contributed by atoms with Gasteiger partial charge in [-0.15, -0.1) is 5.10 Å². The second kappa shape index (κ2) is 10.9. The van der Waals surface area contributed by atoms with Crippen molar-refractivity contribution in [2.24, 2.45) is 11.8 Å². The van der Waals surface area contributed by atoms with Gasteiger partial charge in [-0.2, -0.15) is 0 Å². The number of nitrogens with one attached hydrogen (secondary N) is 1. The molecule has 7 heteroatoms. The van der Waals surface area contributed by atoms with Crippen molar-refractivity contribution in [1.82, 2.24) is 20.3 Å². The van der Waals surface area contributed by atoms with Gasteiger partial charge in [0.05, 0.1) is 18.0 Å². The average molecular weight is 533 g/mol. The summed E-state index contributed by atoms with van der Waals surface area (Å²) >= 11 is 0. The first-order valence-corrected chi connectivity index (χ1v) is 13.9. The number of hydrogen-bond donors (Lipinski definition) is 2. The Morgan fingerprint density at radius 2 is 1.62 bits per heavy atom. The molecule has 1 fully saturated rings. The van der Waals surface area contributed by atoms with Crippen molar-refractivity contribution in [2.75, 3.05) is 0 Å². The lowest BCUT2D eigenvalue weighted by Gasteiger charge is -2.31. The number of nitrogens with zero attached hydrogens (tertiary/aromatic N) is 3. The molecular formula is C33H32N4O3. The van der Waals surface area contributed by atoms with Crippen molar-refractivity contribution in [3.8, 4) is 11.1 Å². The highest BCUT2D eigenvalue weighted by molar-refractivity contribution is 6.06. The Balaban J connectivity index is 1.33. The molecule has 0 radical (unpaired) electrons. The van der Waals surface area contributed by atoms with Crippen LogP contribution in [0.1, 0.15) is 48.5 Å². The zero-order valence-corrected chi connectivity index (χ0v) is 22.5. The van der Waals surface area contributed by atoms with Crippen LogP contribution in [-0.2, 0) is 11.3 Å². The maximum atomic E-state index is 13.9. The van der Waals surface area contributed by atoms with Gasteiger partial charge in [-0.25, -0.2) is 4.68 Å². The number of carbonyl (C=O) groups excluding carboxylic acids is 1. The van der Waals surface area contributed by atoms with Crippen LogP contribution < -0.4 is 5.32 Å². The molecule has 1 aliphatic rings. The summed E-state index contributed by atoms with van der Waals surface area (Å²) in [6, 6.07) is 28.4. The largest absolute Gasteiger partial charge is 0.481 e. The average Bonchev–Trinajstić information content (AvgIpc) is 3.39. The van der Waals surface area contributed by atoms with Crippen molar-refractivity contribution >= 4 is 33.7 Å². The molecule has 1 saturated carbocycles. The molecule has 0 spiro atoms. The third-order valence-electron chi connectivity index (χ3n) is 8.29. The molecule has 6 rings (SSSR count). The third kappa shape index (κ3) is 5.19. The lowest BCUT2D eigenvalue weighted by atomic mass is 9.79. The summed E-state index contributed by atoms with van der Waals surface area (Å²) in [5.41, 5.74) is 4.89. The highest BCUT2D eigenvalue weighted by Crippen LogP contribution is 2.32. The van der Waals surface area contributed by atoms with E-state index in [1.807, 2.05) is 66.2 Å². The van der Waals surface area contributed by atoms with Crippen LogP contribution in [0.3, 0.4) is 0 Å². The topological polar surface area (TPSA) is 97.1 Å². The van der Waals surface area contributed by atoms with Gasteiger partial charge in [-0.1, -0.05) is 71.9 Å². The Bertz CT molecular complexity index is 1690. The molecule has 0 aliphatic heterocycles.